The maximum atomic E-state index is 13.7. The van der Waals surface area contributed by atoms with Crippen LogP contribution in [0.25, 0.3) is 27.9 Å². The number of amides is 1. The summed E-state index contributed by atoms with van der Waals surface area (Å²) in [5.74, 6) is -0.909. The Morgan fingerprint density at radius 1 is 0.897 bits per heavy atom. The predicted octanol–water partition coefficient (Wildman–Crippen LogP) is 6.99. The van der Waals surface area contributed by atoms with Crippen LogP contribution in [0, 0.1) is 0 Å². The lowest BCUT2D eigenvalue weighted by Crippen LogP contribution is -2.25. The Labute approximate surface area is 229 Å². The van der Waals surface area contributed by atoms with Crippen LogP contribution < -0.4 is 15.6 Å². The van der Waals surface area contributed by atoms with Crippen molar-refractivity contribution in [3.63, 3.8) is 0 Å². The topological polar surface area (TPSA) is 90.5 Å². The van der Waals surface area contributed by atoms with Crippen LogP contribution in [-0.2, 0) is 4.79 Å². The lowest BCUT2D eigenvalue weighted by molar-refractivity contribution is -0.134. The number of nitrogens with zero attached hydrogens (tertiary/aromatic N) is 1. The summed E-state index contributed by atoms with van der Waals surface area (Å²) >= 11 is 6.36. The van der Waals surface area contributed by atoms with E-state index in [4.69, 9.17) is 20.8 Å². The van der Waals surface area contributed by atoms with Gasteiger partial charge < -0.3 is 14.5 Å². The second-order valence-corrected chi connectivity index (χ2v) is 9.05. The summed E-state index contributed by atoms with van der Waals surface area (Å²) in [5, 5.41) is 2.91. The number of esters is 1. The minimum atomic E-state index is -0.535. The summed E-state index contributed by atoms with van der Waals surface area (Å²) in [4.78, 5) is 39.0. The molecule has 0 unspecified atom stereocenters. The molecule has 7 nitrogen and oxygen atoms in total. The van der Waals surface area contributed by atoms with Gasteiger partial charge in [0.25, 0.3) is 11.5 Å². The fraction of sp³-hybridized carbons (Fsp3) is 0.0645. The Morgan fingerprint density at radius 2 is 1.64 bits per heavy atom. The van der Waals surface area contributed by atoms with Crippen LogP contribution in [0.1, 0.15) is 23.7 Å². The van der Waals surface area contributed by atoms with Gasteiger partial charge in [0.15, 0.2) is 5.75 Å². The maximum absolute atomic E-state index is 13.7. The number of anilines is 1. The van der Waals surface area contributed by atoms with Crippen molar-refractivity contribution in [2.45, 2.75) is 13.3 Å². The third-order valence-electron chi connectivity index (χ3n) is 6.08. The molecule has 0 saturated carbocycles. The van der Waals surface area contributed by atoms with Gasteiger partial charge in [-0.2, -0.15) is 0 Å². The van der Waals surface area contributed by atoms with Gasteiger partial charge in [-0.3, -0.25) is 19.0 Å². The van der Waals surface area contributed by atoms with Crippen molar-refractivity contribution in [3.05, 3.63) is 125 Å². The smallest absolute Gasteiger partial charge is 0.311 e. The molecular formula is C31H23ClN2O5. The first-order valence-electron chi connectivity index (χ1n) is 12.2. The van der Waals surface area contributed by atoms with E-state index in [0.717, 1.165) is 11.1 Å². The molecule has 39 heavy (non-hydrogen) atoms. The molecule has 0 spiro atoms. The largest absolute Gasteiger partial charge is 0.472 e. The van der Waals surface area contributed by atoms with Crippen molar-refractivity contribution in [2.24, 2.45) is 0 Å². The number of carbonyl (C=O) groups excluding carboxylic acids is 2. The van der Waals surface area contributed by atoms with Crippen LogP contribution in [0.5, 0.6) is 5.75 Å². The van der Waals surface area contributed by atoms with Crippen molar-refractivity contribution in [1.29, 1.82) is 0 Å². The Bertz CT molecular complexity index is 1690. The fourth-order valence-corrected chi connectivity index (χ4v) is 4.26. The fourth-order valence-electron chi connectivity index (χ4n) is 4.05. The number of benzene rings is 3. The first kappa shape index (κ1) is 25.8. The standard InChI is InChI=1S/C31H23ClN2O5/c1-2-28(35)39-29-25(32)9-6-10-27(29)34-18-24(23-15-16-38-19-23)17-26(31(34)37)33-30(36)22-13-11-21(12-14-22)20-7-4-3-5-8-20/h3-19H,2H2,1H3,(H,33,36). The summed E-state index contributed by atoms with van der Waals surface area (Å²) in [6.45, 7) is 1.66. The van der Waals surface area contributed by atoms with Crippen LogP contribution in [-0.4, -0.2) is 16.4 Å². The van der Waals surface area contributed by atoms with Crippen LogP contribution in [0.4, 0.5) is 5.69 Å². The van der Waals surface area contributed by atoms with Gasteiger partial charge in [-0.05, 0) is 47.5 Å². The van der Waals surface area contributed by atoms with E-state index in [1.165, 1.54) is 17.1 Å². The molecule has 0 aliphatic carbocycles. The molecule has 5 aromatic rings. The number of ether oxygens (including phenoxy) is 1. The molecule has 2 aromatic heterocycles. The summed E-state index contributed by atoms with van der Waals surface area (Å²) < 4.78 is 12.0. The molecule has 0 fully saturated rings. The maximum Gasteiger partial charge on any atom is 0.311 e. The van der Waals surface area contributed by atoms with Gasteiger partial charge in [0.1, 0.15) is 5.69 Å². The Hall–Kier alpha value is -4.88. The highest BCUT2D eigenvalue weighted by Crippen LogP contribution is 2.33. The monoisotopic (exact) mass is 538 g/mol. The molecule has 1 N–H and O–H groups in total. The van der Waals surface area contributed by atoms with Gasteiger partial charge >= 0.3 is 5.97 Å². The molecule has 194 valence electrons. The number of nitrogens with one attached hydrogen (secondary N) is 1. The Kier molecular flexibility index (Phi) is 7.43. The van der Waals surface area contributed by atoms with Crippen molar-refractivity contribution in [1.82, 2.24) is 4.57 Å². The van der Waals surface area contributed by atoms with Gasteiger partial charge in [-0.1, -0.05) is 67.1 Å². The molecule has 0 radical (unpaired) electrons. The van der Waals surface area contributed by atoms with Gasteiger partial charge in [0, 0.05) is 29.3 Å². The molecule has 8 heteroatoms. The molecule has 0 aliphatic heterocycles. The number of para-hydroxylation sites is 1. The van der Waals surface area contributed by atoms with Crippen molar-refractivity contribution >= 4 is 29.2 Å². The number of hydrogen-bond donors (Lipinski definition) is 1. The van der Waals surface area contributed by atoms with E-state index in [0.29, 0.717) is 16.7 Å². The lowest BCUT2D eigenvalue weighted by atomic mass is 10.0. The second-order valence-electron chi connectivity index (χ2n) is 8.64. The quantitative estimate of drug-likeness (QED) is 0.178. The summed E-state index contributed by atoms with van der Waals surface area (Å²) in [5.41, 5.74) is 3.39. The minimum Gasteiger partial charge on any atom is -0.472 e. The van der Waals surface area contributed by atoms with E-state index in [2.05, 4.69) is 5.32 Å². The lowest BCUT2D eigenvalue weighted by Gasteiger charge is -2.16. The second kappa shape index (κ2) is 11.2. The Balaban J connectivity index is 1.55. The number of hydrogen-bond acceptors (Lipinski definition) is 5. The number of furan rings is 1. The zero-order valence-electron chi connectivity index (χ0n) is 20.9. The van der Waals surface area contributed by atoms with Crippen LogP contribution in [0.15, 0.2) is 113 Å². The number of aromatic nitrogens is 1. The first-order chi connectivity index (χ1) is 18.9. The van der Waals surface area contributed by atoms with Gasteiger partial charge in [0.05, 0.1) is 23.2 Å². The highest BCUT2D eigenvalue weighted by molar-refractivity contribution is 6.32. The average molecular weight is 539 g/mol. The van der Waals surface area contributed by atoms with Crippen molar-refractivity contribution in [3.8, 4) is 33.7 Å². The molecule has 0 bridgehead atoms. The van der Waals surface area contributed by atoms with E-state index in [1.807, 2.05) is 42.5 Å². The van der Waals surface area contributed by atoms with E-state index >= 15 is 0 Å². The third-order valence-corrected chi connectivity index (χ3v) is 6.38. The number of pyridine rings is 1. The highest BCUT2D eigenvalue weighted by atomic mass is 35.5. The zero-order chi connectivity index (χ0) is 27.4. The summed E-state index contributed by atoms with van der Waals surface area (Å²) in [6.07, 6.45) is 4.73. The first-order valence-corrected chi connectivity index (χ1v) is 12.6. The number of halogens is 1. The van der Waals surface area contributed by atoms with Crippen LogP contribution in [0.3, 0.4) is 0 Å². The van der Waals surface area contributed by atoms with Crippen LogP contribution >= 0.6 is 11.6 Å². The van der Waals surface area contributed by atoms with E-state index < -0.39 is 17.4 Å². The molecular weight excluding hydrogens is 516 g/mol. The molecule has 0 atom stereocenters. The molecule has 0 aliphatic rings. The molecule has 0 saturated heterocycles. The van der Waals surface area contributed by atoms with Gasteiger partial charge in [-0.25, -0.2) is 0 Å². The average Bonchev–Trinajstić information content (AvgIpc) is 3.51. The minimum absolute atomic E-state index is 0.0265. The van der Waals surface area contributed by atoms with E-state index in [1.54, 1.807) is 55.6 Å². The Morgan fingerprint density at radius 3 is 2.33 bits per heavy atom. The van der Waals surface area contributed by atoms with Crippen molar-refractivity contribution in [2.75, 3.05) is 5.32 Å². The summed E-state index contributed by atoms with van der Waals surface area (Å²) in [7, 11) is 0. The van der Waals surface area contributed by atoms with Gasteiger partial charge in [-0.15, -0.1) is 0 Å². The number of rotatable bonds is 7. The zero-order valence-corrected chi connectivity index (χ0v) is 21.6. The summed E-state index contributed by atoms with van der Waals surface area (Å²) in [6, 6.07) is 25.0. The molecule has 5 rings (SSSR count). The SMILES string of the molecule is CCC(=O)Oc1c(Cl)cccc1-n1cc(-c2ccoc2)cc(NC(=O)c2ccc(-c3ccccc3)cc2)c1=O. The van der Waals surface area contributed by atoms with E-state index in [9.17, 15) is 14.4 Å². The molecule has 2 heterocycles. The normalized spacial score (nSPS) is 10.7. The number of carbonyl (C=O) groups is 2. The van der Waals surface area contributed by atoms with Crippen LogP contribution in [0.2, 0.25) is 5.02 Å². The van der Waals surface area contributed by atoms with Gasteiger partial charge in [0.2, 0.25) is 0 Å². The van der Waals surface area contributed by atoms with E-state index in [-0.39, 0.29) is 28.6 Å². The van der Waals surface area contributed by atoms with Crippen molar-refractivity contribution < 1.29 is 18.7 Å². The third kappa shape index (κ3) is 5.54. The molecule has 1 amide bonds. The highest BCUT2D eigenvalue weighted by Gasteiger charge is 2.19. The molecule has 3 aromatic carbocycles. The predicted molar refractivity (Wildman–Crippen MR) is 151 cm³/mol.